The molecular weight excluding hydrogens is 358 g/mol. The standard InChI is InChI=1S/C21H23N3O4/c1-14(23-21(26)13-28-20-7-5-4-6-19(20)25)18-12-22-24(15(18)2)16-8-10-17(27-3)11-9-16/h4-12,14,25H,13H2,1-3H3,(H,23,26)/t14-/m0/s1. The normalized spacial score (nSPS) is 11.7. The van der Waals surface area contributed by atoms with Crippen molar-refractivity contribution in [3.05, 3.63) is 66.0 Å². The molecule has 0 radical (unpaired) electrons. The summed E-state index contributed by atoms with van der Waals surface area (Å²) < 4.78 is 12.4. The molecule has 1 aromatic heterocycles. The van der Waals surface area contributed by atoms with Crippen LogP contribution in [-0.2, 0) is 4.79 Å². The molecule has 0 bridgehead atoms. The summed E-state index contributed by atoms with van der Waals surface area (Å²) in [5.74, 6) is 0.764. The molecule has 0 aliphatic carbocycles. The fourth-order valence-corrected chi connectivity index (χ4v) is 2.91. The van der Waals surface area contributed by atoms with Crippen molar-refractivity contribution in [3.63, 3.8) is 0 Å². The summed E-state index contributed by atoms with van der Waals surface area (Å²) in [7, 11) is 1.62. The van der Waals surface area contributed by atoms with Gasteiger partial charge >= 0.3 is 0 Å². The van der Waals surface area contributed by atoms with Gasteiger partial charge in [0.2, 0.25) is 0 Å². The molecule has 0 aliphatic rings. The van der Waals surface area contributed by atoms with Crippen molar-refractivity contribution in [2.24, 2.45) is 0 Å². The van der Waals surface area contributed by atoms with E-state index in [0.717, 1.165) is 22.7 Å². The highest BCUT2D eigenvalue weighted by molar-refractivity contribution is 5.78. The Hall–Kier alpha value is -3.48. The van der Waals surface area contributed by atoms with Gasteiger partial charge in [0.1, 0.15) is 5.75 Å². The van der Waals surface area contributed by atoms with Crippen LogP contribution in [0.5, 0.6) is 17.2 Å². The number of methoxy groups -OCH3 is 1. The number of nitrogens with zero attached hydrogens (tertiary/aromatic N) is 2. The summed E-state index contributed by atoms with van der Waals surface area (Å²) in [6.07, 6.45) is 1.74. The molecule has 28 heavy (non-hydrogen) atoms. The predicted molar refractivity (Wildman–Crippen MR) is 105 cm³/mol. The molecule has 0 saturated carbocycles. The van der Waals surface area contributed by atoms with Gasteiger partial charge < -0.3 is 19.9 Å². The van der Waals surface area contributed by atoms with Gasteiger partial charge in [0.05, 0.1) is 25.0 Å². The Morgan fingerprint density at radius 1 is 1.21 bits per heavy atom. The summed E-state index contributed by atoms with van der Waals surface area (Å²) in [6.45, 7) is 3.65. The molecule has 2 aromatic carbocycles. The van der Waals surface area contributed by atoms with E-state index < -0.39 is 0 Å². The zero-order valence-corrected chi connectivity index (χ0v) is 16.0. The third-order valence-electron chi connectivity index (χ3n) is 4.43. The van der Waals surface area contributed by atoms with Crippen LogP contribution in [0.3, 0.4) is 0 Å². The number of hydrogen-bond acceptors (Lipinski definition) is 5. The first-order chi connectivity index (χ1) is 13.5. The number of nitrogens with one attached hydrogen (secondary N) is 1. The van der Waals surface area contributed by atoms with Gasteiger partial charge in [-0.05, 0) is 50.2 Å². The van der Waals surface area contributed by atoms with E-state index in [2.05, 4.69) is 10.4 Å². The molecule has 0 unspecified atom stereocenters. The summed E-state index contributed by atoms with van der Waals surface area (Å²) in [5.41, 5.74) is 2.75. The van der Waals surface area contributed by atoms with E-state index in [9.17, 15) is 9.90 Å². The molecular formula is C21H23N3O4. The number of para-hydroxylation sites is 2. The SMILES string of the molecule is COc1ccc(-n2ncc([C@H](C)NC(=O)COc3ccccc3O)c2C)cc1. The highest BCUT2D eigenvalue weighted by Gasteiger charge is 2.17. The number of phenolic OH excluding ortho intramolecular Hbond substituents is 1. The maximum atomic E-state index is 12.2. The Morgan fingerprint density at radius 3 is 2.61 bits per heavy atom. The summed E-state index contributed by atoms with van der Waals surface area (Å²) in [6, 6.07) is 13.9. The molecule has 2 N–H and O–H groups in total. The average Bonchev–Trinajstić information content (AvgIpc) is 3.09. The maximum absolute atomic E-state index is 12.2. The molecule has 146 valence electrons. The van der Waals surface area contributed by atoms with Gasteiger partial charge in [0.25, 0.3) is 5.91 Å². The molecule has 1 amide bonds. The Labute approximate surface area is 163 Å². The van der Waals surface area contributed by atoms with Crippen LogP contribution in [-0.4, -0.2) is 34.5 Å². The van der Waals surface area contributed by atoms with Crippen LogP contribution in [0, 0.1) is 6.92 Å². The van der Waals surface area contributed by atoms with Crippen molar-refractivity contribution in [1.29, 1.82) is 0 Å². The van der Waals surface area contributed by atoms with Gasteiger partial charge in [-0.3, -0.25) is 4.79 Å². The molecule has 0 fully saturated rings. The second-order valence-electron chi connectivity index (χ2n) is 6.34. The number of ether oxygens (including phenoxy) is 2. The van der Waals surface area contributed by atoms with Gasteiger partial charge in [0.15, 0.2) is 18.1 Å². The molecule has 1 atom stereocenters. The second-order valence-corrected chi connectivity index (χ2v) is 6.34. The largest absolute Gasteiger partial charge is 0.504 e. The van der Waals surface area contributed by atoms with Gasteiger partial charge in [0, 0.05) is 11.3 Å². The monoisotopic (exact) mass is 381 g/mol. The van der Waals surface area contributed by atoms with Crippen molar-refractivity contribution >= 4 is 5.91 Å². The third-order valence-corrected chi connectivity index (χ3v) is 4.43. The van der Waals surface area contributed by atoms with E-state index >= 15 is 0 Å². The number of phenols is 1. The fraction of sp³-hybridized carbons (Fsp3) is 0.238. The van der Waals surface area contributed by atoms with Crippen molar-refractivity contribution in [3.8, 4) is 22.9 Å². The molecule has 7 nitrogen and oxygen atoms in total. The van der Waals surface area contributed by atoms with E-state index in [1.54, 1.807) is 31.5 Å². The van der Waals surface area contributed by atoms with E-state index in [1.807, 2.05) is 42.8 Å². The van der Waals surface area contributed by atoms with Gasteiger partial charge in [-0.15, -0.1) is 0 Å². The Kier molecular flexibility index (Phi) is 5.84. The van der Waals surface area contributed by atoms with Crippen LogP contribution in [0.1, 0.15) is 24.2 Å². The van der Waals surface area contributed by atoms with E-state index in [4.69, 9.17) is 9.47 Å². The second kappa shape index (κ2) is 8.47. The Balaban J connectivity index is 1.64. The van der Waals surface area contributed by atoms with Crippen LogP contribution in [0.2, 0.25) is 0 Å². The van der Waals surface area contributed by atoms with E-state index in [1.165, 1.54) is 6.07 Å². The zero-order valence-electron chi connectivity index (χ0n) is 16.0. The quantitative estimate of drug-likeness (QED) is 0.657. The molecule has 0 aliphatic heterocycles. The van der Waals surface area contributed by atoms with Crippen LogP contribution in [0.4, 0.5) is 0 Å². The lowest BCUT2D eigenvalue weighted by molar-refractivity contribution is -0.123. The van der Waals surface area contributed by atoms with Crippen LogP contribution in [0.25, 0.3) is 5.69 Å². The van der Waals surface area contributed by atoms with Crippen molar-refractivity contribution in [1.82, 2.24) is 15.1 Å². The number of benzene rings is 2. The number of aromatic nitrogens is 2. The number of hydrogen-bond donors (Lipinski definition) is 2. The minimum Gasteiger partial charge on any atom is -0.504 e. The third kappa shape index (κ3) is 4.25. The predicted octanol–water partition coefficient (Wildman–Crippen LogP) is 3.15. The molecule has 0 saturated heterocycles. The lowest BCUT2D eigenvalue weighted by atomic mass is 10.1. The van der Waals surface area contributed by atoms with Gasteiger partial charge in [-0.2, -0.15) is 5.10 Å². The first-order valence-corrected chi connectivity index (χ1v) is 8.88. The number of amides is 1. The lowest BCUT2D eigenvalue weighted by Gasteiger charge is -2.15. The minimum atomic E-state index is -0.285. The first-order valence-electron chi connectivity index (χ1n) is 8.88. The molecule has 3 rings (SSSR count). The molecule has 3 aromatic rings. The lowest BCUT2D eigenvalue weighted by Crippen LogP contribution is -2.31. The number of aromatic hydroxyl groups is 1. The number of rotatable bonds is 7. The molecule has 0 spiro atoms. The van der Waals surface area contributed by atoms with Crippen LogP contribution < -0.4 is 14.8 Å². The van der Waals surface area contributed by atoms with Crippen molar-refractivity contribution < 1.29 is 19.4 Å². The smallest absolute Gasteiger partial charge is 0.258 e. The van der Waals surface area contributed by atoms with E-state index in [-0.39, 0.29) is 30.1 Å². The minimum absolute atomic E-state index is 0.0000362. The highest BCUT2D eigenvalue weighted by atomic mass is 16.5. The van der Waals surface area contributed by atoms with Gasteiger partial charge in [-0.25, -0.2) is 4.68 Å². The average molecular weight is 381 g/mol. The number of carbonyl (C=O) groups excluding carboxylic acids is 1. The van der Waals surface area contributed by atoms with Crippen molar-refractivity contribution in [2.45, 2.75) is 19.9 Å². The fourth-order valence-electron chi connectivity index (χ4n) is 2.91. The number of carbonyl (C=O) groups is 1. The van der Waals surface area contributed by atoms with Gasteiger partial charge in [-0.1, -0.05) is 12.1 Å². The maximum Gasteiger partial charge on any atom is 0.258 e. The first kappa shape index (κ1) is 19.3. The summed E-state index contributed by atoms with van der Waals surface area (Å²) in [4.78, 5) is 12.2. The zero-order chi connectivity index (χ0) is 20.1. The topological polar surface area (TPSA) is 85.6 Å². The van der Waals surface area contributed by atoms with Crippen molar-refractivity contribution in [2.75, 3.05) is 13.7 Å². The summed E-state index contributed by atoms with van der Waals surface area (Å²) >= 11 is 0. The van der Waals surface area contributed by atoms with Crippen LogP contribution in [0.15, 0.2) is 54.7 Å². The summed E-state index contributed by atoms with van der Waals surface area (Å²) in [5, 5.41) is 17.0. The van der Waals surface area contributed by atoms with E-state index in [0.29, 0.717) is 0 Å². The molecule has 1 heterocycles. The Morgan fingerprint density at radius 2 is 1.93 bits per heavy atom. The Bertz CT molecular complexity index is 951. The highest BCUT2D eigenvalue weighted by Crippen LogP contribution is 2.24. The van der Waals surface area contributed by atoms with Crippen LogP contribution >= 0.6 is 0 Å². The molecule has 7 heteroatoms.